The molecule has 1 aromatic carbocycles. The van der Waals surface area contributed by atoms with E-state index in [0.717, 1.165) is 0 Å². The van der Waals surface area contributed by atoms with E-state index in [1.54, 1.807) is 13.0 Å². The monoisotopic (exact) mass is 210 g/mol. The predicted molar refractivity (Wildman–Crippen MR) is 56.0 cm³/mol. The van der Waals surface area contributed by atoms with E-state index in [0.29, 0.717) is 11.3 Å². The third kappa shape index (κ3) is 1.88. The van der Waals surface area contributed by atoms with Gasteiger partial charge in [0.05, 0.1) is 19.8 Å². The number of carbonyl (C=O) groups is 1. The summed E-state index contributed by atoms with van der Waals surface area (Å²) in [6, 6.07) is 1.66. The average Bonchev–Trinajstić information content (AvgIpc) is 2.16. The number of benzene rings is 1. The fraction of sp³-hybridized carbons (Fsp3) is 0.364. The molecule has 4 nitrogen and oxygen atoms in total. The van der Waals surface area contributed by atoms with Gasteiger partial charge in [-0.1, -0.05) is 0 Å². The summed E-state index contributed by atoms with van der Waals surface area (Å²) < 4.78 is 10.0. The maximum Gasteiger partial charge on any atom is 0.203 e. The zero-order valence-corrected chi connectivity index (χ0v) is 9.25. The summed E-state index contributed by atoms with van der Waals surface area (Å²) in [6.07, 6.45) is 0. The van der Waals surface area contributed by atoms with E-state index in [4.69, 9.17) is 9.47 Å². The van der Waals surface area contributed by atoms with Gasteiger partial charge in [0.15, 0.2) is 17.3 Å². The summed E-state index contributed by atoms with van der Waals surface area (Å²) in [7, 11) is 2.89. The molecule has 0 spiro atoms. The lowest BCUT2D eigenvalue weighted by Gasteiger charge is -2.13. The standard InChI is InChI=1S/C11H14O4/c1-6-5-8(14-3)11(15-4)10(13)9(6)7(2)12/h5,13H,1-4H3. The predicted octanol–water partition coefficient (Wildman–Crippen LogP) is 1.92. The third-order valence-corrected chi connectivity index (χ3v) is 2.19. The summed E-state index contributed by atoms with van der Waals surface area (Å²) in [6.45, 7) is 3.13. The molecule has 1 N–H and O–H groups in total. The van der Waals surface area contributed by atoms with Gasteiger partial charge in [0, 0.05) is 0 Å². The lowest BCUT2D eigenvalue weighted by atomic mass is 10.0. The van der Waals surface area contributed by atoms with Crippen LogP contribution in [-0.4, -0.2) is 25.1 Å². The van der Waals surface area contributed by atoms with Crippen LogP contribution in [0.3, 0.4) is 0 Å². The molecule has 0 fully saturated rings. The van der Waals surface area contributed by atoms with E-state index in [9.17, 15) is 9.90 Å². The molecule has 0 amide bonds. The minimum atomic E-state index is -0.203. The Morgan fingerprint density at radius 2 is 1.93 bits per heavy atom. The number of methoxy groups -OCH3 is 2. The van der Waals surface area contributed by atoms with Crippen LogP contribution in [0.1, 0.15) is 22.8 Å². The zero-order valence-electron chi connectivity index (χ0n) is 9.25. The second kappa shape index (κ2) is 4.21. The Hall–Kier alpha value is -1.71. The van der Waals surface area contributed by atoms with Crippen LogP contribution in [0.25, 0.3) is 0 Å². The lowest BCUT2D eigenvalue weighted by Crippen LogP contribution is -2.01. The number of hydrogen-bond donors (Lipinski definition) is 1. The van der Waals surface area contributed by atoms with Crippen molar-refractivity contribution >= 4 is 5.78 Å². The van der Waals surface area contributed by atoms with Gasteiger partial charge in [-0.3, -0.25) is 4.79 Å². The van der Waals surface area contributed by atoms with Crippen molar-refractivity contribution in [2.45, 2.75) is 13.8 Å². The van der Waals surface area contributed by atoms with Crippen LogP contribution in [0.4, 0.5) is 0 Å². The number of aryl methyl sites for hydroxylation is 1. The minimum Gasteiger partial charge on any atom is -0.504 e. The van der Waals surface area contributed by atoms with Crippen molar-refractivity contribution in [1.29, 1.82) is 0 Å². The van der Waals surface area contributed by atoms with Gasteiger partial charge in [-0.2, -0.15) is 0 Å². The Morgan fingerprint density at radius 3 is 2.33 bits per heavy atom. The van der Waals surface area contributed by atoms with Gasteiger partial charge in [-0.25, -0.2) is 0 Å². The molecule has 0 bridgehead atoms. The molecule has 4 heteroatoms. The van der Waals surface area contributed by atoms with Crippen LogP contribution in [0.15, 0.2) is 6.07 Å². The second-order valence-electron chi connectivity index (χ2n) is 3.21. The second-order valence-corrected chi connectivity index (χ2v) is 3.21. The number of Topliss-reactive ketones (excluding diaryl/α,β-unsaturated/α-hetero) is 1. The molecule has 0 radical (unpaired) electrons. The molecule has 0 saturated heterocycles. The van der Waals surface area contributed by atoms with E-state index < -0.39 is 0 Å². The smallest absolute Gasteiger partial charge is 0.203 e. The number of carbonyl (C=O) groups excluding carboxylic acids is 1. The third-order valence-electron chi connectivity index (χ3n) is 2.19. The number of phenols is 1. The molecule has 0 atom stereocenters. The van der Waals surface area contributed by atoms with Gasteiger partial charge in [0.1, 0.15) is 0 Å². The van der Waals surface area contributed by atoms with Gasteiger partial charge in [-0.05, 0) is 25.5 Å². The van der Waals surface area contributed by atoms with E-state index in [1.165, 1.54) is 21.1 Å². The largest absolute Gasteiger partial charge is 0.504 e. The molecule has 0 aliphatic rings. The normalized spacial score (nSPS) is 9.87. The Labute approximate surface area is 88.4 Å². The van der Waals surface area contributed by atoms with Crippen molar-refractivity contribution in [2.75, 3.05) is 14.2 Å². The van der Waals surface area contributed by atoms with Crippen LogP contribution < -0.4 is 9.47 Å². The highest BCUT2D eigenvalue weighted by molar-refractivity contribution is 5.99. The first-order valence-corrected chi connectivity index (χ1v) is 4.48. The van der Waals surface area contributed by atoms with Crippen LogP contribution >= 0.6 is 0 Å². The molecular weight excluding hydrogens is 196 g/mol. The van der Waals surface area contributed by atoms with Crippen molar-refractivity contribution in [1.82, 2.24) is 0 Å². The number of aromatic hydroxyl groups is 1. The van der Waals surface area contributed by atoms with Gasteiger partial charge >= 0.3 is 0 Å². The fourth-order valence-electron chi connectivity index (χ4n) is 1.54. The first-order valence-electron chi connectivity index (χ1n) is 4.48. The number of hydrogen-bond acceptors (Lipinski definition) is 4. The van der Waals surface area contributed by atoms with E-state index in [2.05, 4.69) is 0 Å². The molecule has 0 aliphatic heterocycles. The van der Waals surface area contributed by atoms with Crippen molar-refractivity contribution in [2.24, 2.45) is 0 Å². The highest BCUT2D eigenvalue weighted by Gasteiger charge is 2.19. The molecule has 0 aliphatic carbocycles. The van der Waals surface area contributed by atoms with Crippen molar-refractivity contribution in [3.63, 3.8) is 0 Å². The van der Waals surface area contributed by atoms with Gasteiger partial charge in [0.25, 0.3) is 0 Å². The van der Waals surface area contributed by atoms with E-state index in [-0.39, 0.29) is 22.8 Å². The molecule has 15 heavy (non-hydrogen) atoms. The Morgan fingerprint density at radius 1 is 1.33 bits per heavy atom. The Balaban J connectivity index is 3.51. The number of rotatable bonds is 3. The topological polar surface area (TPSA) is 55.8 Å². The first kappa shape index (κ1) is 11.4. The highest BCUT2D eigenvalue weighted by Crippen LogP contribution is 2.40. The van der Waals surface area contributed by atoms with Crippen LogP contribution in [0.2, 0.25) is 0 Å². The van der Waals surface area contributed by atoms with Crippen LogP contribution in [0, 0.1) is 6.92 Å². The highest BCUT2D eigenvalue weighted by atomic mass is 16.5. The van der Waals surface area contributed by atoms with Crippen molar-refractivity contribution in [3.05, 3.63) is 17.2 Å². The first-order chi connectivity index (χ1) is 7.02. The Kier molecular flexibility index (Phi) is 3.19. The Bertz CT molecular complexity index is 396. The minimum absolute atomic E-state index is 0.165. The van der Waals surface area contributed by atoms with Crippen LogP contribution in [0.5, 0.6) is 17.2 Å². The number of phenolic OH excluding ortho intramolecular Hbond substituents is 1. The SMILES string of the molecule is COc1cc(C)c(C(C)=O)c(O)c1OC. The summed E-state index contributed by atoms with van der Waals surface area (Å²) in [5.74, 6) is 0.235. The van der Waals surface area contributed by atoms with Gasteiger partial charge < -0.3 is 14.6 Å². The number of ketones is 1. The quantitative estimate of drug-likeness (QED) is 0.774. The number of ether oxygens (including phenoxy) is 2. The van der Waals surface area contributed by atoms with Crippen LogP contribution in [-0.2, 0) is 0 Å². The summed E-state index contributed by atoms with van der Waals surface area (Å²) in [5, 5.41) is 9.83. The molecule has 0 saturated carbocycles. The summed E-state index contributed by atoms with van der Waals surface area (Å²) >= 11 is 0. The molecule has 82 valence electrons. The van der Waals surface area contributed by atoms with E-state index >= 15 is 0 Å². The average molecular weight is 210 g/mol. The van der Waals surface area contributed by atoms with Crippen molar-refractivity contribution < 1.29 is 19.4 Å². The fourth-order valence-corrected chi connectivity index (χ4v) is 1.54. The maximum atomic E-state index is 11.3. The molecule has 0 aromatic heterocycles. The van der Waals surface area contributed by atoms with Crippen molar-refractivity contribution in [3.8, 4) is 17.2 Å². The lowest BCUT2D eigenvalue weighted by molar-refractivity contribution is 0.101. The molecule has 0 unspecified atom stereocenters. The van der Waals surface area contributed by atoms with E-state index in [1.807, 2.05) is 0 Å². The summed E-state index contributed by atoms with van der Waals surface area (Å²) in [5.41, 5.74) is 0.935. The molecule has 1 rings (SSSR count). The maximum absolute atomic E-state index is 11.3. The van der Waals surface area contributed by atoms with Gasteiger partial charge in [0.2, 0.25) is 5.75 Å². The zero-order chi connectivity index (χ0) is 11.6. The summed E-state index contributed by atoms with van der Waals surface area (Å²) in [4.78, 5) is 11.3. The molecular formula is C11H14O4. The molecule has 1 aromatic rings. The molecule has 0 heterocycles. The van der Waals surface area contributed by atoms with Gasteiger partial charge in [-0.15, -0.1) is 0 Å².